The van der Waals surface area contributed by atoms with E-state index in [1.807, 2.05) is 0 Å². The van der Waals surface area contributed by atoms with E-state index in [4.69, 9.17) is 0 Å². The van der Waals surface area contributed by atoms with Crippen LogP contribution in [0.25, 0.3) is 0 Å². The lowest BCUT2D eigenvalue weighted by Gasteiger charge is -2.07. The standard InChI is InChI=1S/C14H29B.C10H21B/c1-4-7-10-11-14-15(12-8-5-2)13-9-6-3;1-4-7-9-11(6-3)10-8-5-2/h11,14H,4-10,12-13H2,1-3H3;6H,3-5,7-10H2,1-2H3. The molecule has 0 aromatic carbocycles. The van der Waals surface area contributed by atoms with Crippen molar-refractivity contribution in [2.75, 3.05) is 0 Å². The van der Waals surface area contributed by atoms with E-state index in [0.717, 1.165) is 13.4 Å². The fourth-order valence-corrected chi connectivity index (χ4v) is 3.19. The molecule has 0 saturated carbocycles. The first-order chi connectivity index (χ1) is 12.7. The lowest BCUT2D eigenvalue weighted by atomic mass is 9.44. The minimum Gasteiger partial charge on any atom is -0.122 e. The maximum absolute atomic E-state index is 3.87. The third kappa shape index (κ3) is 21.7. The number of unbranched alkanes of at least 4 members (excludes halogenated alkanes) is 6. The molecule has 152 valence electrons. The fourth-order valence-electron chi connectivity index (χ4n) is 3.19. The first-order valence-corrected chi connectivity index (χ1v) is 12.0. The molecule has 0 fully saturated rings. The zero-order chi connectivity index (χ0) is 19.9. The summed E-state index contributed by atoms with van der Waals surface area (Å²) >= 11 is 0. The summed E-state index contributed by atoms with van der Waals surface area (Å²) in [6.45, 7) is 16.9. The molecule has 0 heterocycles. The van der Waals surface area contributed by atoms with Gasteiger partial charge >= 0.3 is 0 Å². The van der Waals surface area contributed by atoms with Crippen LogP contribution in [0.3, 0.4) is 0 Å². The van der Waals surface area contributed by atoms with Crippen molar-refractivity contribution in [2.24, 2.45) is 0 Å². The molecule has 0 radical (unpaired) electrons. The van der Waals surface area contributed by atoms with Crippen molar-refractivity contribution in [2.45, 2.75) is 131 Å². The number of hydrogen-bond donors (Lipinski definition) is 0. The molecule has 0 aliphatic rings. The molecule has 0 atom stereocenters. The average Bonchev–Trinajstić information content (AvgIpc) is 2.67. The van der Waals surface area contributed by atoms with E-state index < -0.39 is 0 Å². The SMILES string of the molecule is C=CB(CCCC)CCCC.CCCCC=CB(CCCC)CCCC. The van der Waals surface area contributed by atoms with Crippen molar-refractivity contribution >= 4 is 13.4 Å². The van der Waals surface area contributed by atoms with Crippen LogP contribution in [0, 0.1) is 0 Å². The van der Waals surface area contributed by atoms with Crippen LogP contribution in [0.15, 0.2) is 24.6 Å². The van der Waals surface area contributed by atoms with Gasteiger partial charge in [-0.2, -0.15) is 0 Å². The molecule has 0 aromatic rings. The lowest BCUT2D eigenvalue weighted by molar-refractivity contribution is 0.814. The van der Waals surface area contributed by atoms with E-state index in [1.54, 1.807) is 0 Å². The van der Waals surface area contributed by atoms with E-state index >= 15 is 0 Å². The third-order valence-corrected chi connectivity index (χ3v) is 5.18. The monoisotopic (exact) mass is 360 g/mol. The molecule has 0 nitrogen and oxygen atoms in total. The van der Waals surface area contributed by atoms with Gasteiger partial charge in [-0.25, -0.2) is 0 Å². The Bertz CT molecular complexity index is 270. The van der Waals surface area contributed by atoms with Gasteiger partial charge in [-0.15, -0.1) is 18.5 Å². The van der Waals surface area contributed by atoms with E-state index in [2.05, 4.69) is 59.2 Å². The summed E-state index contributed by atoms with van der Waals surface area (Å²) in [6, 6.07) is 0. The topological polar surface area (TPSA) is 0 Å². The Hall–Kier alpha value is -0.390. The highest BCUT2D eigenvalue weighted by atomic mass is 13.9. The molecule has 0 amide bonds. The maximum atomic E-state index is 3.87. The van der Waals surface area contributed by atoms with Gasteiger partial charge in [-0.05, 0) is 6.42 Å². The van der Waals surface area contributed by atoms with Crippen LogP contribution in [-0.2, 0) is 0 Å². The average molecular weight is 360 g/mol. The predicted octanol–water partition coefficient (Wildman–Crippen LogP) is 9.17. The van der Waals surface area contributed by atoms with Gasteiger partial charge in [-0.1, -0.05) is 130 Å². The Labute approximate surface area is 168 Å². The second kappa shape index (κ2) is 24.6. The lowest BCUT2D eigenvalue weighted by Crippen LogP contribution is -2.08. The van der Waals surface area contributed by atoms with E-state index in [1.165, 1.54) is 95.9 Å². The third-order valence-electron chi connectivity index (χ3n) is 5.18. The van der Waals surface area contributed by atoms with Gasteiger partial charge in [0.05, 0.1) is 0 Å². The van der Waals surface area contributed by atoms with Crippen LogP contribution in [0.1, 0.15) is 105 Å². The highest BCUT2D eigenvalue weighted by molar-refractivity contribution is 6.64. The van der Waals surface area contributed by atoms with Crippen LogP contribution in [-0.4, -0.2) is 13.4 Å². The van der Waals surface area contributed by atoms with Crippen molar-refractivity contribution in [1.82, 2.24) is 0 Å². The maximum Gasteiger partial charge on any atom is 0.166 e. The molecular formula is C24H50B2. The Kier molecular flexibility index (Phi) is 26.3. The quantitative estimate of drug-likeness (QED) is 0.179. The van der Waals surface area contributed by atoms with Crippen LogP contribution in [0.5, 0.6) is 0 Å². The molecule has 0 spiro atoms. The van der Waals surface area contributed by atoms with E-state index in [9.17, 15) is 0 Å². The van der Waals surface area contributed by atoms with Crippen molar-refractivity contribution in [3.63, 3.8) is 0 Å². The summed E-state index contributed by atoms with van der Waals surface area (Å²) in [5, 5.41) is 0. The van der Waals surface area contributed by atoms with Crippen LogP contribution in [0.4, 0.5) is 0 Å². The minimum atomic E-state index is 0.787. The first kappa shape index (κ1) is 27.8. The minimum absolute atomic E-state index is 0.787. The normalized spacial score (nSPS) is 10.5. The Morgan fingerprint density at radius 1 is 0.577 bits per heavy atom. The fraction of sp³-hybridized carbons (Fsp3) is 0.833. The molecule has 0 aliphatic carbocycles. The molecule has 0 N–H and O–H groups in total. The van der Waals surface area contributed by atoms with Crippen LogP contribution in [0.2, 0.25) is 25.3 Å². The smallest absolute Gasteiger partial charge is 0.122 e. The number of allylic oxidation sites excluding steroid dienone is 1. The van der Waals surface area contributed by atoms with Crippen molar-refractivity contribution in [3.05, 3.63) is 24.6 Å². The molecule has 26 heavy (non-hydrogen) atoms. The van der Waals surface area contributed by atoms with E-state index in [0.29, 0.717) is 0 Å². The molecule has 0 rings (SSSR count). The number of hydrogen-bond acceptors (Lipinski definition) is 0. The predicted molar refractivity (Wildman–Crippen MR) is 129 cm³/mol. The van der Waals surface area contributed by atoms with Crippen LogP contribution >= 0.6 is 0 Å². The van der Waals surface area contributed by atoms with Crippen molar-refractivity contribution < 1.29 is 0 Å². The molecule has 2 heteroatoms. The largest absolute Gasteiger partial charge is 0.166 e. The first-order valence-electron chi connectivity index (χ1n) is 12.0. The molecule has 0 unspecified atom stereocenters. The highest BCUT2D eigenvalue weighted by Gasteiger charge is 2.07. The Balaban J connectivity index is 0. The molecule has 0 aromatic heterocycles. The summed E-state index contributed by atoms with van der Waals surface area (Å²) in [4.78, 5) is 0. The van der Waals surface area contributed by atoms with Crippen LogP contribution < -0.4 is 0 Å². The highest BCUT2D eigenvalue weighted by Crippen LogP contribution is 2.12. The summed E-state index contributed by atoms with van der Waals surface area (Å²) in [5.41, 5.74) is 0. The molecule has 0 saturated heterocycles. The Morgan fingerprint density at radius 3 is 1.31 bits per heavy atom. The van der Waals surface area contributed by atoms with Gasteiger partial charge in [0.25, 0.3) is 0 Å². The van der Waals surface area contributed by atoms with Gasteiger partial charge in [-0.3, -0.25) is 0 Å². The Morgan fingerprint density at radius 2 is 0.962 bits per heavy atom. The zero-order valence-corrected chi connectivity index (χ0v) is 19.2. The second-order valence-corrected chi connectivity index (χ2v) is 7.90. The number of rotatable bonds is 17. The van der Waals surface area contributed by atoms with Gasteiger partial charge < -0.3 is 0 Å². The van der Waals surface area contributed by atoms with Gasteiger partial charge in [0, 0.05) is 0 Å². The summed E-state index contributed by atoms with van der Waals surface area (Å²) in [5.74, 6) is 4.62. The summed E-state index contributed by atoms with van der Waals surface area (Å²) in [7, 11) is 0. The van der Waals surface area contributed by atoms with Crippen molar-refractivity contribution in [1.29, 1.82) is 0 Å². The zero-order valence-electron chi connectivity index (χ0n) is 19.2. The molecule has 0 aliphatic heterocycles. The molecular weight excluding hydrogens is 310 g/mol. The summed E-state index contributed by atoms with van der Waals surface area (Å²) < 4.78 is 0. The second-order valence-electron chi connectivity index (χ2n) is 7.90. The molecule has 0 bridgehead atoms. The van der Waals surface area contributed by atoms with Gasteiger partial charge in [0.15, 0.2) is 13.4 Å². The van der Waals surface area contributed by atoms with Gasteiger partial charge in [0.1, 0.15) is 0 Å². The van der Waals surface area contributed by atoms with Gasteiger partial charge in [0.2, 0.25) is 0 Å². The summed E-state index contributed by atoms with van der Waals surface area (Å²) in [6.07, 6.45) is 22.7. The van der Waals surface area contributed by atoms with E-state index in [-0.39, 0.29) is 0 Å². The van der Waals surface area contributed by atoms with Crippen molar-refractivity contribution in [3.8, 4) is 0 Å².